The lowest BCUT2D eigenvalue weighted by atomic mass is 10.0. The largest absolute Gasteiger partial charge is 0.416 e. The van der Waals surface area contributed by atoms with Gasteiger partial charge in [0.25, 0.3) is 0 Å². The molecule has 0 saturated carbocycles. The highest BCUT2D eigenvalue weighted by Crippen LogP contribution is 2.35. The average molecular weight is 332 g/mol. The van der Waals surface area contributed by atoms with E-state index < -0.39 is 11.7 Å². The Morgan fingerprint density at radius 2 is 2.12 bits per heavy atom. The number of rotatable bonds is 2. The number of halogens is 3. The number of nitriles is 1. The Labute approximate surface area is 137 Å². The van der Waals surface area contributed by atoms with E-state index in [1.807, 2.05) is 13.8 Å². The number of hydrogen-bond donors (Lipinski definition) is 1. The van der Waals surface area contributed by atoms with Crippen molar-refractivity contribution in [1.29, 1.82) is 5.26 Å². The molecule has 0 fully saturated rings. The normalized spacial score (nSPS) is 14.2. The molecule has 0 spiro atoms. The van der Waals surface area contributed by atoms with E-state index in [-0.39, 0.29) is 0 Å². The van der Waals surface area contributed by atoms with Crippen LogP contribution in [0.1, 0.15) is 36.2 Å². The summed E-state index contributed by atoms with van der Waals surface area (Å²) in [5.74, 6) is 0.535. The first-order valence-corrected chi connectivity index (χ1v) is 7.50. The number of aromatic nitrogens is 2. The van der Waals surface area contributed by atoms with E-state index in [0.29, 0.717) is 41.3 Å². The first-order chi connectivity index (χ1) is 11.4. The topological polar surface area (TPSA) is 53.6 Å². The maximum absolute atomic E-state index is 13.0. The third-order valence-corrected chi connectivity index (χ3v) is 4.00. The number of nitrogens with one attached hydrogen (secondary N) is 1. The zero-order valence-corrected chi connectivity index (χ0v) is 13.2. The highest BCUT2D eigenvalue weighted by molar-refractivity contribution is 5.77. The van der Waals surface area contributed by atoms with Gasteiger partial charge in [-0.1, -0.05) is 19.1 Å². The van der Waals surface area contributed by atoms with Gasteiger partial charge in [0, 0.05) is 12.1 Å². The molecule has 0 bridgehead atoms. The van der Waals surface area contributed by atoms with Crippen LogP contribution in [0.4, 0.5) is 19.0 Å². The van der Waals surface area contributed by atoms with Gasteiger partial charge in [0.1, 0.15) is 17.5 Å². The summed E-state index contributed by atoms with van der Waals surface area (Å²) in [6, 6.07) is 7.30. The van der Waals surface area contributed by atoms with Crippen molar-refractivity contribution in [2.45, 2.75) is 26.4 Å². The van der Waals surface area contributed by atoms with Crippen molar-refractivity contribution in [2.75, 3.05) is 11.9 Å². The minimum atomic E-state index is -4.41. The summed E-state index contributed by atoms with van der Waals surface area (Å²) in [6.45, 7) is 4.18. The van der Waals surface area contributed by atoms with Crippen LogP contribution < -0.4 is 5.32 Å². The van der Waals surface area contributed by atoms with Gasteiger partial charge in [-0.3, -0.25) is 0 Å². The average Bonchev–Trinajstić information content (AvgIpc) is 2.91. The van der Waals surface area contributed by atoms with Crippen LogP contribution in [0.2, 0.25) is 0 Å². The second kappa shape index (κ2) is 5.71. The fraction of sp³-hybridized carbons (Fsp3) is 0.294. The van der Waals surface area contributed by atoms with E-state index in [4.69, 9.17) is 0 Å². The van der Waals surface area contributed by atoms with E-state index in [1.165, 1.54) is 6.07 Å². The van der Waals surface area contributed by atoms with Crippen LogP contribution >= 0.6 is 0 Å². The molecule has 1 aliphatic heterocycles. The van der Waals surface area contributed by atoms with E-state index in [2.05, 4.69) is 16.5 Å². The molecule has 1 aromatic heterocycles. The van der Waals surface area contributed by atoms with Gasteiger partial charge in [-0.15, -0.1) is 0 Å². The minimum absolute atomic E-state index is 0.430. The van der Waals surface area contributed by atoms with Crippen LogP contribution in [0.15, 0.2) is 29.8 Å². The van der Waals surface area contributed by atoms with Gasteiger partial charge in [-0.25, -0.2) is 4.68 Å². The molecule has 124 valence electrons. The quantitative estimate of drug-likeness (QED) is 0.903. The highest BCUT2D eigenvalue weighted by atomic mass is 19.4. The molecule has 4 nitrogen and oxygen atoms in total. The zero-order chi connectivity index (χ0) is 17.5. The van der Waals surface area contributed by atoms with Crippen molar-refractivity contribution >= 4 is 11.5 Å². The Balaban J connectivity index is 2.20. The Hall–Kier alpha value is -2.75. The van der Waals surface area contributed by atoms with Gasteiger partial charge in [-0.05, 0) is 31.1 Å². The lowest BCUT2D eigenvalue weighted by Crippen LogP contribution is -2.19. The summed E-state index contributed by atoms with van der Waals surface area (Å²) in [5, 5.41) is 16.9. The fourth-order valence-electron chi connectivity index (χ4n) is 2.85. The van der Waals surface area contributed by atoms with Gasteiger partial charge in [0.05, 0.1) is 17.0 Å². The first kappa shape index (κ1) is 16.1. The molecular formula is C17H15F3N4. The van der Waals surface area contributed by atoms with Gasteiger partial charge < -0.3 is 5.32 Å². The van der Waals surface area contributed by atoms with Crippen molar-refractivity contribution in [3.8, 4) is 6.07 Å². The predicted octanol–water partition coefficient (Wildman–Crippen LogP) is 4.04. The van der Waals surface area contributed by atoms with Gasteiger partial charge >= 0.3 is 6.18 Å². The molecule has 24 heavy (non-hydrogen) atoms. The van der Waals surface area contributed by atoms with Gasteiger partial charge in [0.2, 0.25) is 0 Å². The summed E-state index contributed by atoms with van der Waals surface area (Å²) >= 11 is 0. The third kappa shape index (κ3) is 2.54. The number of alkyl halides is 3. The summed E-state index contributed by atoms with van der Waals surface area (Å²) in [7, 11) is 0. The predicted molar refractivity (Wildman–Crippen MR) is 84.2 cm³/mol. The molecule has 0 saturated heterocycles. The molecule has 2 heterocycles. The SMILES string of the molecule is CCc1nn2c(c1C#N)NCC(C)=C2c1cccc(C(F)(F)F)c1. The van der Waals surface area contributed by atoms with Gasteiger partial charge in [0.15, 0.2) is 0 Å². The first-order valence-electron chi connectivity index (χ1n) is 7.50. The minimum Gasteiger partial charge on any atom is -0.365 e. The molecule has 0 aliphatic carbocycles. The third-order valence-electron chi connectivity index (χ3n) is 4.00. The zero-order valence-electron chi connectivity index (χ0n) is 13.2. The Bertz CT molecular complexity index is 869. The van der Waals surface area contributed by atoms with Crippen LogP contribution in [-0.2, 0) is 12.6 Å². The standard InChI is InChI=1S/C17H15F3N4/c1-3-14-13(8-21)16-22-9-10(2)15(24(16)23-14)11-5-4-6-12(7-11)17(18,19)20/h4-7,22H,3,9H2,1-2H3. The summed E-state index contributed by atoms with van der Waals surface area (Å²) in [5.41, 5.74) is 2.24. The van der Waals surface area contributed by atoms with E-state index >= 15 is 0 Å². The molecule has 0 atom stereocenters. The summed E-state index contributed by atoms with van der Waals surface area (Å²) in [6.07, 6.45) is -3.84. The maximum atomic E-state index is 13.0. The Morgan fingerprint density at radius 1 is 1.38 bits per heavy atom. The molecule has 3 rings (SSSR count). The molecule has 1 N–H and O–H groups in total. The monoisotopic (exact) mass is 332 g/mol. The molecular weight excluding hydrogens is 317 g/mol. The highest BCUT2D eigenvalue weighted by Gasteiger charge is 2.31. The molecule has 1 aliphatic rings. The van der Waals surface area contributed by atoms with E-state index in [0.717, 1.165) is 17.7 Å². The van der Waals surface area contributed by atoms with Crippen molar-refractivity contribution in [1.82, 2.24) is 9.78 Å². The molecule has 2 aromatic rings. The number of hydrogen-bond acceptors (Lipinski definition) is 3. The van der Waals surface area contributed by atoms with E-state index in [1.54, 1.807) is 10.7 Å². The molecule has 0 unspecified atom stereocenters. The van der Waals surface area contributed by atoms with Gasteiger partial charge in [-0.2, -0.15) is 23.5 Å². The second-order valence-electron chi connectivity index (χ2n) is 5.61. The smallest absolute Gasteiger partial charge is 0.365 e. The number of anilines is 1. The number of nitrogens with zero attached hydrogens (tertiary/aromatic N) is 3. The van der Waals surface area contributed by atoms with E-state index in [9.17, 15) is 18.4 Å². The van der Waals surface area contributed by atoms with Crippen molar-refractivity contribution < 1.29 is 13.2 Å². The fourth-order valence-corrected chi connectivity index (χ4v) is 2.85. The van der Waals surface area contributed by atoms with Crippen molar-refractivity contribution in [2.24, 2.45) is 0 Å². The summed E-state index contributed by atoms with van der Waals surface area (Å²) in [4.78, 5) is 0. The van der Waals surface area contributed by atoms with Crippen LogP contribution in [0.5, 0.6) is 0 Å². The molecule has 7 heteroatoms. The van der Waals surface area contributed by atoms with Crippen molar-refractivity contribution in [3.05, 3.63) is 52.2 Å². The molecule has 0 amide bonds. The number of fused-ring (bicyclic) bond motifs is 1. The molecule has 0 radical (unpaired) electrons. The van der Waals surface area contributed by atoms with Crippen LogP contribution in [0.3, 0.4) is 0 Å². The number of aryl methyl sites for hydroxylation is 1. The Morgan fingerprint density at radius 3 is 2.75 bits per heavy atom. The summed E-state index contributed by atoms with van der Waals surface area (Å²) < 4.78 is 40.6. The van der Waals surface area contributed by atoms with Crippen LogP contribution in [0.25, 0.3) is 5.70 Å². The van der Waals surface area contributed by atoms with Crippen molar-refractivity contribution in [3.63, 3.8) is 0 Å². The maximum Gasteiger partial charge on any atom is 0.416 e. The second-order valence-corrected chi connectivity index (χ2v) is 5.61. The van der Waals surface area contributed by atoms with Crippen LogP contribution in [-0.4, -0.2) is 16.3 Å². The number of benzene rings is 1. The Kier molecular flexibility index (Phi) is 3.84. The lowest BCUT2D eigenvalue weighted by Gasteiger charge is -2.22. The molecule has 1 aromatic carbocycles. The lowest BCUT2D eigenvalue weighted by molar-refractivity contribution is -0.137. The van der Waals surface area contributed by atoms with Crippen LogP contribution in [0, 0.1) is 11.3 Å².